The van der Waals surface area contributed by atoms with Gasteiger partial charge >= 0.3 is 0 Å². The second-order valence-electron chi connectivity index (χ2n) is 6.25. The van der Waals surface area contributed by atoms with Crippen LogP contribution in [0.1, 0.15) is 45.2 Å². The minimum Gasteiger partial charge on any atom is -0.329 e. The fourth-order valence-corrected chi connectivity index (χ4v) is 3.48. The summed E-state index contributed by atoms with van der Waals surface area (Å²) in [5, 5.41) is 0.655. The summed E-state index contributed by atoms with van der Waals surface area (Å²) >= 11 is 9.67. The fourth-order valence-electron chi connectivity index (χ4n) is 2.82. The van der Waals surface area contributed by atoms with E-state index in [1.165, 1.54) is 0 Å². The number of piperidine rings is 1. The number of nitrogens with zero attached hydrogens (tertiary/aromatic N) is 1. The number of nitrogens with two attached hydrogens (primary N) is 1. The van der Waals surface area contributed by atoms with Crippen LogP contribution in [0.5, 0.6) is 0 Å². The fraction of sp³-hybridized carbons (Fsp3) is 0.533. The van der Waals surface area contributed by atoms with E-state index < -0.39 is 0 Å². The molecule has 2 rings (SSSR count). The molecule has 0 aromatic heterocycles. The van der Waals surface area contributed by atoms with Crippen LogP contribution >= 0.6 is 27.5 Å². The van der Waals surface area contributed by atoms with Gasteiger partial charge in [0.15, 0.2) is 0 Å². The van der Waals surface area contributed by atoms with Gasteiger partial charge in [0.05, 0.1) is 6.04 Å². The maximum absolute atomic E-state index is 12.4. The lowest BCUT2D eigenvalue weighted by molar-refractivity contribution is -0.144. The number of amides is 1. The zero-order valence-corrected chi connectivity index (χ0v) is 14.3. The van der Waals surface area contributed by atoms with Crippen LogP contribution in [0.2, 0.25) is 5.02 Å². The molecule has 0 bridgehead atoms. The molecular weight excluding hydrogens is 340 g/mol. The van der Waals surface area contributed by atoms with E-state index in [1.807, 2.05) is 43.9 Å². The van der Waals surface area contributed by atoms with Crippen LogP contribution in [0.3, 0.4) is 0 Å². The standard InChI is InChI=1S/C15H20BrClN2O/c1-15(2,3)19-13(20)7-6-12(18)14(19)10-8-9(17)4-5-11(10)16/h4-5,8,12,14H,6-7,18H2,1-3H3. The summed E-state index contributed by atoms with van der Waals surface area (Å²) in [6, 6.07) is 5.40. The summed E-state index contributed by atoms with van der Waals surface area (Å²) in [7, 11) is 0. The summed E-state index contributed by atoms with van der Waals surface area (Å²) < 4.78 is 0.936. The summed E-state index contributed by atoms with van der Waals surface area (Å²) in [6.07, 6.45) is 1.21. The summed E-state index contributed by atoms with van der Waals surface area (Å²) in [5.41, 5.74) is 7.02. The van der Waals surface area contributed by atoms with Crippen molar-refractivity contribution in [3.8, 4) is 0 Å². The van der Waals surface area contributed by atoms with Gasteiger partial charge < -0.3 is 10.6 Å². The van der Waals surface area contributed by atoms with E-state index in [4.69, 9.17) is 17.3 Å². The smallest absolute Gasteiger partial charge is 0.223 e. The first-order valence-corrected chi connectivity index (χ1v) is 7.91. The van der Waals surface area contributed by atoms with Crippen molar-refractivity contribution < 1.29 is 4.79 Å². The predicted octanol–water partition coefficient (Wildman–Crippen LogP) is 3.89. The number of halogens is 2. The Morgan fingerprint density at radius 3 is 2.65 bits per heavy atom. The highest BCUT2D eigenvalue weighted by Gasteiger charge is 2.41. The van der Waals surface area contributed by atoms with Gasteiger partial charge in [0, 0.05) is 27.5 Å². The molecule has 1 aromatic carbocycles. The Kier molecular flexibility index (Phi) is 4.47. The van der Waals surface area contributed by atoms with E-state index in [-0.39, 0.29) is 23.5 Å². The van der Waals surface area contributed by atoms with Crippen molar-refractivity contribution >= 4 is 33.4 Å². The molecule has 110 valence electrons. The topological polar surface area (TPSA) is 46.3 Å². The highest BCUT2D eigenvalue weighted by Crippen LogP contribution is 2.39. The number of likely N-dealkylation sites (tertiary alicyclic amines) is 1. The number of hydrogen-bond donors (Lipinski definition) is 1. The Morgan fingerprint density at radius 1 is 1.40 bits per heavy atom. The first kappa shape index (κ1) is 15.8. The lowest BCUT2D eigenvalue weighted by atomic mass is 9.86. The molecule has 3 nitrogen and oxygen atoms in total. The molecule has 1 fully saturated rings. The largest absolute Gasteiger partial charge is 0.329 e. The maximum atomic E-state index is 12.4. The van der Waals surface area contributed by atoms with E-state index in [0.29, 0.717) is 17.9 Å². The predicted molar refractivity (Wildman–Crippen MR) is 85.7 cm³/mol. The van der Waals surface area contributed by atoms with Gasteiger partial charge in [-0.25, -0.2) is 0 Å². The molecule has 1 aliphatic heterocycles. The number of hydrogen-bond acceptors (Lipinski definition) is 2. The van der Waals surface area contributed by atoms with Crippen molar-refractivity contribution in [2.75, 3.05) is 0 Å². The van der Waals surface area contributed by atoms with Gasteiger partial charge in [0.1, 0.15) is 0 Å². The number of benzene rings is 1. The monoisotopic (exact) mass is 358 g/mol. The van der Waals surface area contributed by atoms with E-state index in [0.717, 1.165) is 10.0 Å². The Balaban J connectivity index is 2.53. The third-order valence-corrected chi connectivity index (χ3v) is 4.60. The molecule has 0 aliphatic carbocycles. The van der Waals surface area contributed by atoms with Crippen molar-refractivity contribution in [1.29, 1.82) is 0 Å². The Morgan fingerprint density at radius 2 is 2.05 bits per heavy atom. The SMILES string of the molecule is CC(C)(C)N1C(=O)CCC(N)C1c1cc(Cl)ccc1Br. The van der Waals surface area contributed by atoms with Crippen LogP contribution in [0.25, 0.3) is 0 Å². The summed E-state index contributed by atoms with van der Waals surface area (Å²) in [4.78, 5) is 14.3. The van der Waals surface area contributed by atoms with E-state index >= 15 is 0 Å². The lowest BCUT2D eigenvalue weighted by Gasteiger charge is -2.47. The molecule has 2 atom stereocenters. The molecule has 1 heterocycles. The van der Waals surface area contributed by atoms with E-state index in [2.05, 4.69) is 15.9 Å². The van der Waals surface area contributed by atoms with Gasteiger partial charge in [-0.2, -0.15) is 0 Å². The van der Waals surface area contributed by atoms with Crippen molar-refractivity contribution in [1.82, 2.24) is 4.90 Å². The number of carbonyl (C=O) groups is 1. The van der Waals surface area contributed by atoms with Crippen LogP contribution in [0.15, 0.2) is 22.7 Å². The molecule has 1 saturated heterocycles. The maximum Gasteiger partial charge on any atom is 0.223 e. The van der Waals surface area contributed by atoms with Crippen LogP contribution < -0.4 is 5.73 Å². The molecule has 0 spiro atoms. The molecule has 1 aliphatic rings. The average Bonchev–Trinajstić information content (AvgIpc) is 2.33. The molecule has 2 unspecified atom stereocenters. The summed E-state index contributed by atoms with van der Waals surface area (Å²) in [6.45, 7) is 6.11. The second kappa shape index (κ2) is 5.66. The quantitative estimate of drug-likeness (QED) is 0.827. The minimum absolute atomic E-state index is 0.0818. The first-order chi connectivity index (χ1) is 9.21. The van der Waals surface area contributed by atoms with E-state index in [9.17, 15) is 4.79 Å². The summed E-state index contributed by atoms with van der Waals surface area (Å²) in [5.74, 6) is 0.149. The van der Waals surface area contributed by atoms with Crippen molar-refractivity contribution in [3.05, 3.63) is 33.3 Å². The van der Waals surface area contributed by atoms with Crippen molar-refractivity contribution in [2.24, 2.45) is 5.73 Å². The van der Waals surface area contributed by atoms with Gasteiger partial charge in [-0.1, -0.05) is 27.5 Å². The molecule has 0 saturated carbocycles. The Hall–Kier alpha value is -0.580. The van der Waals surface area contributed by atoms with Gasteiger partial charge in [-0.3, -0.25) is 4.79 Å². The highest BCUT2D eigenvalue weighted by molar-refractivity contribution is 9.10. The average molecular weight is 360 g/mol. The van der Waals surface area contributed by atoms with Gasteiger partial charge in [0.2, 0.25) is 5.91 Å². The van der Waals surface area contributed by atoms with E-state index in [1.54, 1.807) is 0 Å². The van der Waals surface area contributed by atoms with Crippen LogP contribution in [-0.4, -0.2) is 22.4 Å². The normalized spacial score (nSPS) is 24.1. The highest BCUT2D eigenvalue weighted by atomic mass is 79.9. The zero-order chi connectivity index (χ0) is 15.1. The van der Waals surface area contributed by atoms with Crippen molar-refractivity contribution in [3.63, 3.8) is 0 Å². The minimum atomic E-state index is -0.276. The Labute approximate surface area is 133 Å². The van der Waals surface area contributed by atoms with Crippen LogP contribution in [0.4, 0.5) is 0 Å². The molecular formula is C15H20BrClN2O. The molecule has 0 radical (unpaired) electrons. The lowest BCUT2D eigenvalue weighted by Crippen LogP contribution is -2.56. The van der Waals surface area contributed by atoms with Gasteiger partial charge in [-0.05, 0) is 51.0 Å². The number of carbonyl (C=O) groups excluding carboxylic acids is 1. The Bertz CT molecular complexity index is 527. The van der Waals surface area contributed by atoms with Crippen molar-refractivity contribution in [2.45, 2.75) is 51.2 Å². The van der Waals surface area contributed by atoms with Crippen LogP contribution in [0, 0.1) is 0 Å². The molecule has 1 aromatic rings. The second-order valence-corrected chi connectivity index (χ2v) is 7.54. The third-order valence-electron chi connectivity index (χ3n) is 3.64. The molecule has 1 amide bonds. The van der Waals surface area contributed by atoms with Crippen LogP contribution in [-0.2, 0) is 4.79 Å². The molecule has 20 heavy (non-hydrogen) atoms. The van der Waals surface area contributed by atoms with Gasteiger partial charge in [-0.15, -0.1) is 0 Å². The van der Waals surface area contributed by atoms with Gasteiger partial charge in [0.25, 0.3) is 0 Å². The number of rotatable bonds is 1. The third kappa shape index (κ3) is 3.02. The molecule has 5 heteroatoms. The first-order valence-electron chi connectivity index (χ1n) is 6.74. The zero-order valence-electron chi connectivity index (χ0n) is 12.0. The molecule has 2 N–H and O–H groups in total.